The second-order valence-electron chi connectivity index (χ2n) is 3.98. The summed E-state index contributed by atoms with van der Waals surface area (Å²) in [5.74, 6) is -0.315. The summed E-state index contributed by atoms with van der Waals surface area (Å²) in [6.07, 6.45) is 0.914. The number of carbonyl (C=O) groups excluding carboxylic acids is 1. The van der Waals surface area contributed by atoms with Crippen LogP contribution in [0.15, 0.2) is 27.6 Å². The van der Waals surface area contributed by atoms with Crippen LogP contribution in [0.5, 0.6) is 0 Å². The molecule has 1 fully saturated rings. The molecule has 0 atom stereocenters. The summed E-state index contributed by atoms with van der Waals surface area (Å²) in [7, 11) is -3.69. The summed E-state index contributed by atoms with van der Waals surface area (Å²) in [6.45, 7) is 2.01. The Hall–Kier alpha value is -0.880. The highest BCUT2D eigenvalue weighted by Crippen LogP contribution is 2.26. The Balaban J connectivity index is 2.51. The van der Waals surface area contributed by atoms with E-state index in [-0.39, 0.29) is 17.3 Å². The molecule has 1 aromatic carbocycles. The first-order valence-corrected chi connectivity index (χ1v) is 7.48. The van der Waals surface area contributed by atoms with E-state index in [4.69, 9.17) is 0 Å². The molecule has 0 aromatic heterocycles. The molecule has 17 heavy (non-hydrogen) atoms. The monoisotopic (exact) mass is 317 g/mol. The van der Waals surface area contributed by atoms with Gasteiger partial charge in [0.1, 0.15) is 0 Å². The quantitative estimate of drug-likeness (QED) is 0.839. The van der Waals surface area contributed by atoms with Gasteiger partial charge in [0.05, 0.1) is 4.90 Å². The van der Waals surface area contributed by atoms with Crippen molar-refractivity contribution in [1.82, 2.24) is 4.31 Å². The van der Waals surface area contributed by atoms with Crippen LogP contribution in [0, 0.1) is 6.92 Å². The second kappa shape index (κ2) is 4.42. The molecule has 0 aliphatic carbocycles. The first-order valence-electron chi connectivity index (χ1n) is 5.24. The minimum atomic E-state index is -3.69. The van der Waals surface area contributed by atoms with E-state index >= 15 is 0 Å². The average Bonchev–Trinajstić information content (AvgIpc) is 2.68. The van der Waals surface area contributed by atoms with Crippen molar-refractivity contribution in [3.63, 3.8) is 0 Å². The van der Waals surface area contributed by atoms with Gasteiger partial charge in [0, 0.05) is 17.4 Å². The van der Waals surface area contributed by atoms with E-state index in [0.29, 0.717) is 22.9 Å². The van der Waals surface area contributed by atoms with Gasteiger partial charge < -0.3 is 0 Å². The van der Waals surface area contributed by atoms with Crippen LogP contribution in [0.3, 0.4) is 0 Å². The Morgan fingerprint density at radius 3 is 2.65 bits per heavy atom. The van der Waals surface area contributed by atoms with Crippen molar-refractivity contribution in [3.05, 3.63) is 28.2 Å². The first kappa shape index (κ1) is 12.6. The van der Waals surface area contributed by atoms with Gasteiger partial charge in [0.15, 0.2) is 0 Å². The van der Waals surface area contributed by atoms with Gasteiger partial charge in [-0.25, -0.2) is 12.7 Å². The fraction of sp³-hybridized carbons (Fsp3) is 0.364. The lowest BCUT2D eigenvalue weighted by molar-refractivity contribution is -0.123. The number of sulfonamides is 1. The lowest BCUT2D eigenvalue weighted by Crippen LogP contribution is -2.32. The molecule has 0 unspecified atom stereocenters. The minimum Gasteiger partial charge on any atom is -0.274 e. The third kappa shape index (κ3) is 2.24. The molecule has 0 saturated carbocycles. The maximum absolute atomic E-state index is 12.3. The molecule has 0 radical (unpaired) electrons. The van der Waals surface area contributed by atoms with Crippen molar-refractivity contribution in [1.29, 1.82) is 0 Å². The summed E-state index contributed by atoms with van der Waals surface area (Å²) in [5.41, 5.74) is 0.646. The zero-order chi connectivity index (χ0) is 12.6. The van der Waals surface area contributed by atoms with Crippen LogP contribution in [-0.4, -0.2) is 25.2 Å². The molecule has 0 spiro atoms. The Bertz CT molecular complexity index is 568. The highest BCUT2D eigenvalue weighted by molar-refractivity contribution is 9.10. The fourth-order valence-corrected chi connectivity index (χ4v) is 4.08. The van der Waals surface area contributed by atoms with Gasteiger partial charge in [-0.05, 0) is 31.0 Å². The van der Waals surface area contributed by atoms with Crippen LogP contribution < -0.4 is 0 Å². The Morgan fingerprint density at radius 1 is 1.35 bits per heavy atom. The number of nitrogens with zero attached hydrogens (tertiary/aromatic N) is 1. The Kier molecular flexibility index (Phi) is 3.27. The number of carbonyl (C=O) groups is 1. The molecule has 1 aliphatic heterocycles. The van der Waals surface area contributed by atoms with Crippen molar-refractivity contribution in [2.45, 2.75) is 24.7 Å². The van der Waals surface area contributed by atoms with E-state index in [1.54, 1.807) is 19.1 Å². The van der Waals surface area contributed by atoms with Crippen molar-refractivity contribution < 1.29 is 13.2 Å². The van der Waals surface area contributed by atoms with Crippen molar-refractivity contribution >= 4 is 31.9 Å². The summed E-state index contributed by atoms with van der Waals surface area (Å²) in [6, 6.07) is 5.04. The molecule has 1 heterocycles. The maximum Gasteiger partial charge on any atom is 0.266 e. The molecule has 4 nitrogen and oxygen atoms in total. The summed E-state index contributed by atoms with van der Waals surface area (Å²) in [4.78, 5) is 11.7. The first-order chi connectivity index (χ1) is 7.93. The molecule has 1 saturated heterocycles. The zero-order valence-corrected chi connectivity index (χ0v) is 11.7. The molecule has 92 valence electrons. The summed E-state index contributed by atoms with van der Waals surface area (Å²) < 4.78 is 26.3. The molecule has 6 heteroatoms. The number of rotatable bonds is 2. The van der Waals surface area contributed by atoms with Gasteiger partial charge in [-0.2, -0.15) is 0 Å². The van der Waals surface area contributed by atoms with Crippen molar-refractivity contribution in [3.8, 4) is 0 Å². The normalized spacial score (nSPS) is 16.6. The second-order valence-corrected chi connectivity index (χ2v) is 6.73. The van der Waals surface area contributed by atoms with Gasteiger partial charge in [-0.15, -0.1) is 0 Å². The largest absolute Gasteiger partial charge is 0.274 e. The summed E-state index contributed by atoms with van der Waals surface area (Å²) in [5, 5.41) is 0. The van der Waals surface area contributed by atoms with Gasteiger partial charge in [0.25, 0.3) is 10.0 Å². The lowest BCUT2D eigenvalue weighted by Gasteiger charge is -2.17. The third-order valence-electron chi connectivity index (χ3n) is 2.75. The standard InChI is InChI=1S/C11H12BrNO3S/c1-8-4-5-9(12)7-10(8)17(15,16)13-6-2-3-11(13)14/h4-5,7H,2-3,6H2,1H3. The molecule has 1 aliphatic rings. The van der Waals surface area contributed by atoms with Crippen molar-refractivity contribution in [2.75, 3.05) is 6.54 Å². The van der Waals surface area contributed by atoms with E-state index in [9.17, 15) is 13.2 Å². The molecule has 0 bridgehead atoms. The predicted molar refractivity (Wildman–Crippen MR) is 67.0 cm³/mol. The molecular weight excluding hydrogens is 306 g/mol. The van der Waals surface area contributed by atoms with Crippen LogP contribution in [0.1, 0.15) is 18.4 Å². The highest BCUT2D eigenvalue weighted by Gasteiger charge is 2.33. The number of hydrogen-bond acceptors (Lipinski definition) is 3. The lowest BCUT2D eigenvalue weighted by atomic mass is 10.2. The summed E-state index contributed by atoms with van der Waals surface area (Å²) >= 11 is 3.24. The topological polar surface area (TPSA) is 54.5 Å². The number of benzene rings is 1. The highest BCUT2D eigenvalue weighted by atomic mass is 79.9. The van der Waals surface area contributed by atoms with Crippen LogP contribution in [-0.2, 0) is 14.8 Å². The smallest absolute Gasteiger partial charge is 0.266 e. The van der Waals surface area contributed by atoms with Gasteiger partial charge in [-0.3, -0.25) is 4.79 Å². The van der Waals surface area contributed by atoms with Crippen molar-refractivity contribution in [2.24, 2.45) is 0 Å². The Labute approximate surface area is 109 Å². The maximum atomic E-state index is 12.3. The van der Waals surface area contributed by atoms with Crippen LogP contribution in [0.2, 0.25) is 0 Å². The van der Waals surface area contributed by atoms with Gasteiger partial charge >= 0.3 is 0 Å². The van der Waals surface area contributed by atoms with E-state index in [0.717, 1.165) is 4.31 Å². The number of amides is 1. The molecule has 1 amide bonds. The molecule has 2 rings (SSSR count). The third-order valence-corrected chi connectivity index (χ3v) is 5.20. The van der Waals surface area contributed by atoms with E-state index in [1.807, 2.05) is 0 Å². The number of aryl methyl sites for hydroxylation is 1. The van der Waals surface area contributed by atoms with E-state index < -0.39 is 10.0 Å². The SMILES string of the molecule is Cc1ccc(Br)cc1S(=O)(=O)N1CCCC1=O. The van der Waals surface area contributed by atoms with Crippen LogP contribution >= 0.6 is 15.9 Å². The number of halogens is 1. The van der Waals surface area contributed by atoms with E-state index in [1.165, 1.54) is 6.07 Å². The van der Waals surface area contributed by atoms with Gasteiger partial charge in [0.2, 0.25) is 5.91 Å². The Morgan fingerprint density at radius 2 is 2.06 bits per heavy atom. The minimum absolute atomic E-state index is 0.196. The van der Waals surface area contributed by atoms with E-state index in [2.05, 4.69) is 15.9 Å². The van der Waals surface area contributed by atoms with Gasteiger partial charge in [-0.1, -0.05) is 22.0 Å². The average molecular weight is 318 g/mol. The number of hydrogen-bond donors (Lipinski definition) is 0. The zero-order valence-electron chi connectivity index (χ0n) is 9.31. The van der Waals surface area contributed by atoms with Crippen LogP contribution in [0.25, 0.3) is 0 Å². The fourth-order valence-electron chi connectivity index (χ4n) is 1.85. The molecule has 0 N–H and O–H groups in total. The molecule has 1 aromatic rings. The van der Waals surface area contributed by atoms with Crippen LogP contribution in [0.4, 0.5) is 0 Å². The predicted octanol–water partition coefficient (Wildman–Crippen LogP) is 2.07. The molecular formula is C11H12BrNO3S.